The third kappa shape index (κ3) is 7.27. The van der Waals surface area contributed by atoms with Crippen molar-refractivity contribution in [3.05, 3.63) is 71.6 Å². The van der Waals surface area contributed by atoms with Gasteiger partial charge in [-0.3, -0.25) is 9.59 Å². The lowest BCUT2D eigenvalue weighted by molar-refractivity contribution is -0.137. The van der Waals surface area contributed by atoms with Gasteiger partial charge in [0.25, 0.3) is 0 Å². The summed E-state index contributed by atoms with van der Waals surface area (Å²) < 4.78 is 27.8. The van der Waals surface area contributed by atoms with Crippen LogP contribution in [0.4, 0.5) is 5.69 Å². The second kappa shape index (κ2) is 11.2. The first-order valence-corrected chi connectivity index (χ1v) is 12.7. The number of benzene rings is 2. The molecule has 1 fully saturated rings. The topological polar surface area (TPSA) is 95.6 Å². The Morgan fingerprint density at radius 2 is 1.67 bits per heavy atom. The number of carbonyl (C=O) groups is 2. The maximum Gasteiger partial charge on any atom is 0.241 e. The van der Waals surface area contributed by atoms with Gasteiger partial charge >= 0.3 is 0 Å². The van der Waals surface area contributed by atoms with Crippen molar-refractivity contribution in [1.82, 2.24) is 9.62 Å². The zero-order chi connectivity index (χ0) is 23.8. The standard InChI is InChI=1S/C25H31N3O4S/c1-19(2)23(27-33(31,32)17-15-20-10-5-3-6-11-20)25(30)28-16-9-12-21(18-28)24(29)26-22-13-7-4-8-14-22/h3-8,10-11,13-15,17,19,21,23,27H,9,12,16,18H2,1-2H3,(H,26,29)/b17-15+/t21?,23-/m0/s1. The summed E-state index contributed by atoms with van der Waals surface area (Å²) in [5, 5.41) is 3.98. The molecule has 0 aromatic heterocycles. The molecule has 2 amide bonds. The van der Waals surface area contributed by atoms with Gasteiger partial charge in [0.2, 0.25) is 21.8 Å². The molecule has 8 heteroatoms. The van der Waals surface area contributed by atoms with Crippen molar-refractivity contribution in [3.8, 4) is 0 Å². The lowest BCUT2D eigenvalue weighted by Crippen LogP contribution is -2.54. The van der Waals surface area contributed by atoms with Crippen LogP contribution in [-0.2, 0) is 19.6 Å². The molecule has 0 radical (unpaired) electrons. The molecule has 2 aromatic rings. The van der Waals surface area contributed by atoms with Crippen LogP contribution in [0.3, 0.4) is 0 Å². The van der Waals surface area contributed by atoms with E-state index >= 15 is 0 Å². The van der Waals surface area contributed by atoms with Gasteiger partial charge in [0.1, 0.15) is 6.04 Å². The van der Waals surface area contributed by atoms with Gasteiger partial charge in [-0.25, -0.2) is 8.42 Å². The first-order chi connectivity index (χ1) is 15.7. The lowest BCUT2D eigenvalue weighted by atomic mass is 9.95. The molecule has 2 atom stereocenters. The minimum absolute atomic E-state index is 0.133. The number of hydrogen-bond acceptors (Lipinski definition) is 4. The van der Waals surface area contributed by atoms with Crippen molar-refractivity contribution >= 4 is 33.6 Å². The van der Waals surface area contributed by atoms with E-state index in [-0.39, 0.29) is 30.2 Å². The first kappa shape index (κ1) is 24.7. The maximum absolute atomic E-state index is 13.3. The van der Waals surface area contributed by atoms with Crippen LogP contribution < -0.4 is 10.0 Å². The van der Waals surface area contributed by atoms with Crippen LogP contribution >= 0.6 is 0 Å². The Morgan fingerprint density at radius 1 is 1.03 bits per heavy atom. The van der Waals surface area contributed by atoms with E-state index in [1.165, 1.54) is 6.08 Å². The minimum Gasteiger partial charge on any atom is -0.341 e. The summed E-state index contributed by atoms with van der Waals surface area (Å²) in [6, 6.07) is 17.4. The van der Waals surface area contributed by atoms with Crippen LogP contribution in [0.5, 0.6) is 0 Å². The van der Waals surface area contributed by atoms with Gasteiger partial charge < -0.3 is 10.2 Å². The molecule has 0 spiro atoms. The Hall–Kier alpha value is -2.97. The van der Waals surface area contributed by atoms with Crippen LogP contribution in [0, 0.1) is 11.8 Å². The number of carbonyl (C=O) groups excluding carboxylic acids is 2. The molecular formula is C25H31N3O4S. The number of hydrogen-bond donors (Lipinski definition) is 2. The average Bonchev–Trinajstić information content (AvgIpc) is 2.82. The summed E-state index contributed by atoms with van der Waals surface area (Å²) in [5.41, 5.74) is 1.46. The number of anilines is 1. The molecule has 1 aliphatic rings. The number of piperidine rings is 1. The first-order valence-electron chi connectivity index (χ1n) is 11.2. The zero-order valence-electron chi connectivity index (χ0n) is 19.0. The Bertz CT molecular complexity index is 1070. The van der Waals surface area contributed by atoms with Crippen molar-refractivity contribution in [2.24, 2.45) is 11.8 Å². The van der Waals surface area contributed by atoms with E-state index < -0.39 is 16.1 Å². The second-order valence-corrected chi connectivity index (χ2v) is 10.2. The molecule has 2 aromatic carbocycles. The predicted octanol–water partition coefficient (Wildman–Crippen LogP) is 3.48. The number of rotatable bonds is 8. The quantitative estimate of drug-likeness (QED) is 0.619. The summed E-state index contributed by atoms with van der Waals surface area (Å²) >= 11 is 0. The zero-order valence-corrected chi connectivity index (χ0v) is 19.8. The highest BCUT2D eigenvalue weighted by Crippen LogP contribution is 2.21. The number of para-hydroxylation sites is 1. The van der Waals surface area contributed by atoms with Gasteiger partial charge in [0.15, 0.2) is 0 Å². The summed E-state index contributed by atoms with van der Waals surface area (Å²) in [7, 11) is -3.84. The third-order valence-electron chi connectivity index (χ3n) is 5.61. The van der Waals surface area contributed by atoms with Crippen LogP contribution in [0.1, 0.15) is 32.3 Å². The van der Waals surface area contributed by atoms with Gasteiger partial charge in [-0.05, 0) is 42.5 Å². The maximum atomic E-state index is 13.3. The van der Waals surface area contributed by atoms with Crippen molar-refractivity contribution < 1.29 is 18.0 Å². The SMILES string of the molecule is CC(C)[C@H](NS(=O)(=O)/C=C/c1ccccc1)C(=O)N1CCCC(C(=O)Nc2ccccc2)C1. The van der Waals surface area contributed by atoms with Crippen LogP contribution in [0.2, 0.25) is 0 Å². The van der Waals surface area contributed by atoms with Crippen LogP contribution in [0.15, 0.2) is 66.1 Å². The van der Waals surface area contributed by atoms with Crippen LogP contribution in [0.25, 0.3) is 6.08 Å². The van der Waals surface area contributed by atoms with E-state index in [0.717, 1.165) is 11.0 Å². The van der Waals surface area contributed by atoms with E-state index in [9.17, 15) is 18.0 Å². The van der Waals surface area contributed by atoms with E-state index in [0.29, 0.717) is 25.1 Å². The summed E-state index contributed by atoms with van der Waals surface area (Å²) in [4.78, 5) is 27.6. The fraction of sp³-hybridized carbons (Fsp3) is 0.360. The Morgan fingerprint density at radius 3 is 2.30 bits per heavy atom. The average molecular weight is 470 g/mol. The summed E-state index contributed by atoms with van der Waals surface area (Å²) in [6.07, 6.45) is 2.86. The lowest BCUT2D eigenvalue weighted by Gasteiger charge is -2.35. The molecule has 33 heavy (non-hydrogen) atoms. The third-order valence-corrected chi connectivity index (χ3v) is 6.69. The van der Waals surface area contributed by atoms with Crippen molar-refractivity contribution in [2.45, 2.75) is 32.7 Å². The highest BCUT2D eigenvalue weighted by molar-refractivity contribution is 7.92. The fourth-order valence-electron chi connectivity index (χ4n) is 3.77. The molecule has 1 unspecified atom stereocenters. The molecule has 176 valence electrons. The fourth-order valence-corrected chi connectivity index (χ4v) is 4.92. The van der Waals surface area contributed by atoms with Gasteiger partial charge in [0, 0.05) is 24.2 Å². The molecule has 7 nitrogen and oxygen atoms in total. The highest BCUT2D eigenvalue weighted by atomic mass is 32.2. The smallest absolute Gasteiger partial charge is 0.241 e. The van der Waals surface area contributed by atoms with E-state index in [2.05, 4.69) is 10.0 Å². The number of amides is 2. The van der Waals surface area contributed by atoms with Gasteiger partial charge in [-0.2, -0.15) is 4.72 Å². The molecule has 0 aliphatic carbocycles. The molecule has 2 N–H and O–H groups in total. The number of nitrogens with one attached hydrogen (secondary N) is 2. The number of nitrogens with zero attached hydrogens (tertiary/aromatic N) is 1. The van der Waals surface area contributed by atoms with Crippen molar-refractivity contribution in [3.63, 3.8) is 0 Å². The molecular weight excluding hydrogens is 438 g/mol. The van der Waals surface area contributed by atoms with E-state index in [1.807, 2.05) is 48.5 Å². The van der Waals surface area contributed by atoms with Gasteiger partial charge in [-0.1, -0.05) is 62.4 Å². The van der Waals surface area contributed by atoms with E-state index in [4.69, 9.17) is 0 Å². The van der Waals surface area contributed by atoms with E-state index in [1.54, 1.807) is 30.9 Å². The molecule has 0 bridgehead atoms. The Labute approximate surface area is 195 Å². The van der Waals surface area contributed by atoms with Gasteiger partial charge in [-0.15, -0.1) is 0 Å². The van der Waals surface area contributed by atoms with Crippen molar-refractivity contribution in [1.29, 1.82) is 0 Å². The Balaban J connectivity index is 1.65. The second-order valence-electron chi connectivity index (χ2n) is 8.58. The van der Waals surface area contributed by atoms with Gasteiger partial charge in [0.05, 0.1) is 5.92 Å². The molecule has 3 rings (SSSR count). The number of sulfonamides is 1. The Kier molecular flexibility index (Phi) is 8.41. The highest BCUT2D eigenvalue weighted by Gasteiger charge is 2.34. The normalized spacial score (nSPS) is 17.8. The predicted molar refractivity (Wildman–Crippen MR) is 131 cm³/mol. The summed E-state index contributed by atoms with van der Waals surface area (Å²) in [5.74, 6) is -1.04. The molecule has 0 saturated carbocycles. The summed E-state index contributed by atoms with van der Waals surface area (Å²) in [6.45, 7) is 4.37. The largest absolute Gasteiger partial charge is 0.341 e. The minimum atomic E-state index is -3.84. The number of likely N-dealkylation sites (tertiary alicyclic amines) is 1. The molecule has 1 aliphatic heterocycles. The van der Waals surface area contributed by atoms with Crippen molar-refractivity contribution in [2.75, 3.05) is 18.4 Å². The molecule has 1 saturated heterocycles. The monoisotopic (exact) mass is 469 g/mol. The molecule has 1 heterocycles. The van der Waals surface area contributed by atoms with Crippen LogP contribution in [-0.4, -0.2) is 44.3 Å².